The molecular formula is C14H18O3. The SMILES string of the molecule is CCOC(=O)[C@@H](CCc1ccccc1)C(C)=O. The molecule has 1 aromatic rings. The molecule has 0 radical (unpaired) electrons. The Hall–Kier alpha value is -1.64. The average molecular weight is 234 g/mol. The lowest BCUT2D eigenvalue weighted by Crippen LogP contribution is -2.24. The van der Waals surface area contributed by atoms with Gasteiger partial charge in [0.15, 0.2) is 0 Å². The van der Waals surface area contributed by atoms with E-state index in [2.05, 4.69) is 0 Å². The van der Waals surface area contributed by atoms with Gasteiger partial charge in [-0.1, -0.05) is 30.3 Å². The minimum absolute atomic E-state index is 0.126. The van der Waals surface area contributed by atoms with Crippen molar-refractivity contribution in [2.75, 3.05) is 6.61 Å². The lowest BCUT2D eigenvalue weighted by Gasteiger charge is -2.12. The molecule has 0 saturated heterocycles. The summed E-state index contributed by atoms with van der Waals surface area (Å²) in [5.41, 5.74) is 1.13. The van der Waals surface area contributed by atoms with Gasteiger partial charge in [0.1, 0.15) is 11.7 Å². The van der Waals surface area contributed by atoms with E-state index in [1.165, 1.54) is 6.92 Å². The third kappa shape index (κ3) is 4.39. The van der Waals surface area contributed by atoms with E-state index in [1.54, 1.807) is 6.92 Å². The van der Waals surface area contributed by atoms with E-state index in [0.29, 0.717) is 19.4 Å². The van der Waals surface area contributed by atoms with Crippen LogP contribution in [0.15, 0.2) is 30.3 Å². The molecular weight excluding hydrogens is 216 g/mol. The predicted molar refractivity (Wildman–Crippen MR) is 65.6 cm³/mol. The number of hydrogen-bond donors (Lipinski definition) is 0. The molecule has 0 fully saturated rings. The first-order valence-electron chi connectivity index (χ1n) is 5.86. The Labute approximate surface area is 102 Å². The van der Waals surface area contributed by atoms with Crippen molar-refractivity contribution in [3.05, 3.63) is 35.9 Å². The van der Waals surface area contributed by atoms with Gasteiger partial charge < -0.3 is 4.74 Å². The zero-order chi connectivity index (χ0) is 12.7. The number of esters is 1. The molecule has 0 heterocycles. The lowest BCUT2D eigenvalue weighted by molar-refractivity contribution is -0.151. The number of aryl methyl sites for hydroxylation is 1. The van der Waals surface area contributed by atoms with Crippen molar-refractivity contribution >= 4 is 11.8 Å². The van der Waals surface area contributed by atoms with Gasteiger partial charge in [0.2, 0.25) is 0 Å². The van der Waals surface area contributed by atoms with Crippen LogP contribution in [0.2, 0.25) is 0 Å². The smallest absolute Gasteiger partial charge is 0.316 e. The summed E-state index contributed by atoms with van der Waals surface area (Å²) in [5, 5.41) is 0. The molecule has 0 aliphatic rings. The third-order valence-corrected chi connectivity index (χ3v) is 2.63. The van der Waals surface area contributed by atoms with Gasteiger partial charge in [0, 0.05) is 0 Å². The third-order valence-electron chi connectivity index (χ3n) is 2.63. The molecule has 0 spiro atoms. The van der Waals surface area contributed by atoms with E-state index < -0.39 is 11.9 Å². The van der Waals surface area contributed by atoms with Crippen LogP contribution in [0.3, 0.4) is 0 Å². The standard InChI is InChI=1S/C14H18O3/c1-3-17-14(16)13(11(2)15)10-9-12-7-5-4-6-8-12/h4-8,13H,3,9-10H2,1-2H3/t13-/m0/s1. The number of benzene rings is 1. The van der Waals surface area contributed by atoms with Crippen LogP contribution in [-0.2, 0) is 20.7 Å². The summed E-state index contributed by atoms with van der Waals surface area (Å²) >= 11 is 0. The van der Waals surface area contributed by atoms with Crippen LogP contribution in [0.4, 0.5) is 0 Å². The Morgan fingerprint density at radius 1 is 1.24 bits per heavy atom. The number of hydrogen-bond acceptors (Lipinski definition) is 3. The summed E-state index contributed by atoms with van der Waals surface area (Å²) in [6.07, 6.45) is 1.22. The Morgan fingerprint density at radius 3 is 2.41 bits per heavy atom. The minimum atomic E-state index is -0.629. The molecule has 92 valence electrons. The van der Waals surface area contributed by atoms with Gasteiger partial charge in [0.05, 0.1) is 6.61 Å². The fourth-order valence-corrected chi connectivity index (χ4v) is 1.69. The minimum Gasteiger partial charge on any atom is -0.465 e. The monoisotopic (exact) mass is 234 g/mol. The van der Waals surface area contributed by atoms with Crippen molar-refractivity contribution in [1.29, 1.82) is 0 Å². The summed E-state index contributed by atoms with van der Waals surface area (Å²) in [5.74, 6) is -1.16. The van der Waals surface area contributed by atoms with Gasteiger partial charge in [-0.15, -0.1) is 0 Å². The van der Waals surface area contributed by atoms with Gasteiger partial charge >= 0.3 is 5.97 Å². The van der Waals surface area contributed by atoms with Gasteiger partial charge in [-0.3, -0.25) is 9.59 Å². The maximum atomic E-state index is 11.6. The second-order valence-electron chi connectivity index (χ2n) is 3.94. The summed E-state index contributed by atoms with van der Waals surface area (Å²) in [6, 6.07) is 9.81. The maximum Gasteiger partial charge on any atom is 0.316 e. The first-order valence-corrected chi connectivity index (χ1v) is 5.86. The second kappa shape index (κ2) is 6.84. The molecule has 3 nitrogen and oxygen atoms in total. The number of ketones is 1. The number of Topliss-reactive ketones (excluding diaryl/α,β-unsaturated/α-hetero) is 1. The van der Waals surface area contributed by atoms with Crippen molar-refractivity contribution in [3.8, 4) is 0 Å². The van der Waals surface area contributed by atoms with Crippen molar-refractivity contribution in [2.45, 2.75) is 26.7 Å². The fourth-order valence-electron chi connectivity index (χ4n) is 1.69. The van der Waals surface area contributed by atoms with Crippen LogP contribution in [0.25, 0.3) is 0 Å². The van der Waals surface area contributed by atoms with Crippen molar-refractivity contribution in [1.82, 2.24) is 0 Å². The van der Waals surface area contributed by atoms with Crippen LogP contribution in [-0.4, -0.2) is 18.4 Å². The normalized spacial score (nSPS) is 11.9. The topological polar surface area (TPSA) is 43.4 Å². The van der Waals surface area contributed by atoms with Crippen LogP contribution in [0.1, 0.15) is 25.8 Å². The Morgan fingerprint density at radius 2 is 1.88 bits per heavy atom. The largest absolute Gasteiger partial charge is 0.465 e. The maximum absolute atomic E-state index is 11.6. The van der Waals surface area contributed by atoms with Gasteiger partial charge in [0.25, 0.3) is 0 Å². The molecule has 0 unspecified atom stereocenters. The van der Waals surface area contributed by atoms with E-state index in [0.717, 1.165) is 5.56 Å². The summed E-state index contributed by atoms with van der Waals surface area (Å²) < 4.78 is 4.89. The highest BCUT2D eigenvalue weighted by Gasteiger charge is 2.24. The zero-order valence-corrected chi connectivity index (χ0v) is 10.3. The Balaban J connectivity index is 2.56. The van der Waals surface area contributed by atoms with Crippen LogP contribution < -0.4 is 0 Å². The first-order chi connectivity index (χ1) is 8.15. The van der Waals surface area contributed by atoms with Crippen LogP contribution in [0.5, 0.6) is 0 Å². The molecule has 0 saturated carbocycles. The van der Waals surface area contributed by atoms with Gasteiger partial charge in [-0.2, -0.15) is 0 Å². The molecule has 3 heteroatoms. The molecule has 1 atom stereocenters. The van der Waals surface area contributed by atoms with Crippen LogP contribution >= 0.6 is 0 Å². The quantitative estimate of drug-likeness (QED) is 0.560. The molecule has 0 N–H and O–H groups in total. The molecule has 0 aromatic heterocycles. The summed E-state index contributed by atoms with van der Waals surface area (Å²) in [6.45, 7) is 3.49. The van der Waals surface area contributed by atoms with Crippen molar-refractivity contribution in [2.24, 2.45) is 5.92 Å². The first kappa shape index (κ1) is 13.4. The summed E-state index contributed by atoms with van der Waals surface area (Å²) in [7, 11) is 0. The Bertz CT molecular complexity index is 370. The van der Waals surface area contributed by atoms with Crippen molar-refractivity contribution < 1.29 is 14.3 Å². The number of ether oxygens (including phenoxy) is 1. The molecule has 0 aliphatic carbocycles. The van der Waals surface area contributed by atoms with Gasteiger partial charge in [-0.05, 0) is 32.3 Å². The molecule has 0 aliphatic heterocycles. The van der Waals surface area contributed by atoms with Crippen LogP contribution in [0, 0.1) is 5.92 Å². The Kier molecular flexibility index (Phi) is 5.40. The van der Waals surface area contributed by atoms with Crippen molar-refractivity contribution in [3.63, 3.8) is 0 Å². The zero-order valence-electron chi connectivity index (χ0n) is 10.3. The highest BCUT2D eigenvalue weighted by atomic mass is 16.5. The molecule has 1 aromatic carbocycles. The van der Waals surface area contributed by atoms with E-state index in [-0.39, 0.29) is 5.78 Å². The molecule has 1 rings (SSSR count). The molecule has 0 amide bonds. The fraction of sp³-hybridized carbons (Fsp3) is 0.429. The number of carbonyl (C=O) groups is 2. The summed E-state index contributed by atoms with van der Waals surface area (Å²) in [4.78, 5) is 22.9. The predicted octanol–water partition coefficient (Wildman–Crippen LogP) is 2.39. The van der Waals surface area contributed by atoms with E-state index in [9.17, 15) is 9.59 Å². The van der Waals surface area contributed by atoms with Gasteiger partial charge in [-0.25, -0.2) is 0 Å². The number of carbonyl (C=O) groups excluding carboxylic acids is 2. The second-order valence-corrected chi connectivity index (χ2v) is 3.94. The molecule has 17 heavy (non-hydrogen) atoms. The lowest BCUT2D eigenvalue weighted by atomic mass is 9.96. The van der Waals surface area contributed by atoms with E-state index in [4.69, 9.17) is 4.74 Å². The van der Waals surface area contributed by atoms with E-state index in [1.807, 2.05) is 30.3 Å². The average Bonchev–Trinajstić information content (AvgIpc) is 2.30. The highest BCUT2D eigenvalue weighted by Crippen LogP contribution is 2.12. The van der Waals surface area contributed by atoms with E-state index >= 15 is 0 Å². The molecule has 0 bridgehead atoms. The number of rotatable bonds is 6. The highest BCUT2D eigenvalue weighted by molar-refractivity contribution is 5.97.